The molecule has 1 rings (SSSR count). The van der Waals surface area contributed by atoms with Crippen molar-refractivity contribution in [3.63, 3.8) is 0 Å². The van der Waals surface area contributed by atoms with Gasteiger partial charge in [-0.05, 0) is 12.5 Å². The highest BCUT2D eigenvalue weighted by Gasteiger charge is 2.01. The first-order valence-corrected chi connectivity index (χ1v) is 7.53. The van der Waals surface area contributed by atoms with Gasteiger partial charge in [-0.2, -0.15) is 0 Å². The van der Waals surface area contributed by atoms with Gasteiger partial charge in [0.15, 0.2) is 12.4 Å². The van der Waals surface area contributed by atoms with Gasteiger partial charge in [-0.3, -0.25) is 0 Å². The van der Waals surface area contributed by atoms with Crippen LogP contribution < -0.4 is 4.57 Å². The lowest BCUT2D eigenvalue weighted by Crippen LogP contribution is -2.33. The molecule has 0 aliphatic heterocycles. The topological polar surface area (TPSA) is 36.5 Å². The van der Waals surface area contributed by atoms with Gasteiger partial charge in [-0.15, -0.1) is 0 Å². The van der Waals surface area contributed by atoms with Crippen LogP contribution in [0, 0.1) is 0 Å². The summed E-state index contributed by atoms with van der Waals surface area (Å²) in [6.07, 6.45) is 16.3. The van der Waals surface area contributed by atoms with Crippen LogP contribution in [-0.2, 0) is 6.54 Å². The first kappa shape index (κ1) is 15.7. The molecule has 0 aliphatic carbocycles. The number of unbranched alkanes of at least 4 members (excludes halogenated alkanes) is 7. The van der Waals surface area contributed by atoms with Crippen LogP contribution in [0.25, 0.3) is 0 Å². The Kier molecular flexibility index (Phi) is 8.69. The summed E-state index contributed by atoms with van der Waals surface area (Å²) in [6, 6.07) is 3.92. The number of hydrogen-bond acceptors (Lipinski definition) is 2. The number of hydrogen-bond donors (Lipinski definition) is 1. The minimum Gasteiger partial charge on any atom is -0.411 e. The molecular formula is C16H27N2O+. The summed E-state index contributed by atoms with van der Waals surface area (Å²) in [5.41, 5.74) is 0.935. The van der Waals surface area contributed by atoms with Crippen molar-refractivity contribution in [3.8, 4) is 0 Å². The van der Waals surface area contributed by atoms with Gasteiger partial charge in [0, 0.05) is 12.5 Å². The second kappa shape index (κ2) is 10.5. The Bertz CT molecular complexity index is 364. The predicted molar refractivity (Wildman–Crippen MR) is 78.6 cm³/mol. The molecule has 106 valence electrons. The monoisotopic (exact) mass is 263 g/mol. The largest absolute Gasteiger partial charge is 0.411 e. The standard InChI is InChI=1S/C16H26N2O/c1-2-3-4-5-6-7-8-9-12-18-13-10-11-16(15-18)14-17-19/h10-11,13-15H,2-9,12H2,1H3/p+1/b17-14-. The zero-order valence-electron chi connectivity index (χ0n) is 12.1. The molecule has 19 heavy (non-hydrogen) atoms. The maximum absolute atomic E-state index is 8.51. The van der Waals surface area contributed by atoms with E-state index in [1.54, 1.807) is 0 Å². The van der Waals surface area contributed by atoms with E-state index in [4.69, 9.17) is 5.21 Å². The molecule has 0 atom stereocenters. The molecule has 0 fully saturated rings. The molecule has 1 heterocycles. The first-order valence-electron chi connectivity index (χ1n) is 7.53. The van der Waals surface area contributed by atoms with E-state index >= 15 is 0 Å². The molecule has 0 unspecified atom stereocenters. The molecular weight excluding hydrogens is 236 g/mol. The number of oxime groups is 1. The van der Waals surface area contributed by atoms with Gasteiger partial charge in [0.25, 0.3) is 0 Å². The molecule has 0 bridgehead atoms. The average Bonchev–Trinajstić information content (AvgIpc) is 2.43. The molecule has 1 aromatic heterocycles. The van der Waals surface area contributed by atoms with Gasteiger partial charge < -0.3 is 5.21 Å². The SMILES string of the molecule is CCCCCCCCCC[n+]1cccc(/C=N\O)c1. The smallest absolute Gasteiger partial charge is 0.177 e. The maximum atomic E-state index is 8.51. The summed E-state index contributed by atoms with van der Waals surface area (Å²) in [5.74, 6) is 0. The zero-order valence-corrected chi connectivity index (χ0v) is 12.1. The Morgan fingerprint density at radius 1 is 1.11 bits per heavy atom. The minimum absolute atomic E-state index is 0.935. The van der Waals surface area contributed by atoms with Crippen molar-refractivity contribution in [2.24, 2.45) is 5.16 Å². The average molecular weight is 263 g/mol. The molecule has 0 spiro atoms. The Morgan fingerprint density at radius 3 is 2.47 bits per heavy atom. The van der Waals surface area contributed by atoms with Crippen LogP contribution in [-0.4, -0.2) is 11.4 Å². The van der Waals surface area contributed by atoms with E-state index in [-0.39, 0.29) is 0 Å². The molecule has 1 aromatic rings. The number of aromatic nitrogens is 1. The lowest BCUT2D eigenvalue weighted by Gasteiger charge is -2.00. The van der Waals surface area contributed by atoms with Crippen LogP contribution in [0.1, 0.15) is 63.9 Å². The number of pyridine rings is 1. The third-order valence-corrected chi connectivity index (χ3v) is 3.36. The van der Waals surface area contributed by atoms with Gasteiger partial charge in [0.2, 0.25) is 0 Å². The highest BCUT2D eigenvalue weighted by atomic mass is 16.4. The minimum atomic E-state index is 0.935. The van der Waals surface area contributed by atoms with Crippen molar-refractivity contribution < 1.29 is 9.77 Å². The van der Waals surface area contributed by atoms with Gasteiger partial charge in [-0.25, -0.2) is 4.57 Å². The highest BCUT2D eigenvalue weighted by molar-refractivity contribution is 5.77. The normalized spacial score (nSPS) is 11.2. The third-order valence-electron chi connectivity index (χ3n) is 3.36. The molecule has 3 heteroatoms. The van der Waals surface area contributed by atoms with E-state index in [1.165, 1.54) is 57.6 Å². The van der Waals surface area contributed by atoms with E-state index in [0.29, 0.717) is 0 Å². The quantitative estimate of drug-likeness (QED) is 0.224. The molecule has 3 nitrogen and oxygen atoms in total. The summed E-state index contributed by atoms with van der Waals surface area (Å²) < 4.78 is 2.16. The number of rotatable bonds is 10. The summed E-state index contributed by atoms with van der Waals surface area (Å²) in [6.45, 7) is 3.30. The molecule has 1 N–H and O–H groups in total. The molecule has 0 saturated carbocycles. The lowest BCUT2D eigenvalue weighted by atomic mass is 10.1. The summed E-state index contributed by atoms with van der Waals surface area (Å²) in [7, 11) is 0. The fraction of sp³-hybridized carbons (Fsp3) is 0.625. The van der Waals surface area contributed by atoms with Gasteiger partial charge in [0.1, 0.15) is 6.54 Å². The van der Waals surface area contributed by atoms with Crippen molar-refractivity contribution >= 4 is 6.21 Å². The fourth-order valence-corrected chi connectivity index (χ4v) is 2.25. The molecule has 0 saturated heterocycles. The predicted octanol–water partition coefficient (Wildman–Crippen LogP) is 3.92. The molecule has 0 aromatic carbocycles. The van der Waals surface area contributed by atoms with Crippen LogP contribution in [0.15, 0.2) is 29.7 Å². The van der Waals surface area contributed by atoms with E-state index in [2.05, 4.69) is 22.8 Å². The van der Waals surface area contributed by atoms with Crippen LogP contribution in [0.5, 0.6) is 0 Å². The van der Waals surface area contributed by atoms with Crippen LogP contribution in [0.4, 0.5) is 0 Å². The Balaban J connectivity index is 2.10. The van der Waals surface area contributed by atoms with Crippen molar-refractivity contribution in [1.82, 2.24) is 0 Å². The number of nitrogens with zero attached hydrogens (tertiary/aromatic N) is 2. The van der Waals surface area contributed by atoms with E-state index in [9.17, 15) is 0 Å². The Hall–Kier alpha value is -1.38. The summed E-state index contributed by atoms with van der Waals surface area (Å²) in [5, 5.41) is 11.6. The van der Waals surface area contributed by atoms with Gasteiger partial charge in [-0.1, -0.05) is 50.6 Å². The summed E-state index contributed by atoms with van der Waals surface area (Å²) >= 11 is 0. The molecule has 0 aliphatic rings. The van der Waals surface area contributed by atoms with Crippen LogP contribution in [0.3, 0.4) is 0 Å². The molecule has 0 amide bonds. The third kappa shape index (κ3) is 7.60. The zero-order chi connectivity index (χ0) is 13.8. The second-order valence-corrected chi connectivity index (χ2v) is 5.09. The van der Waals surface area contributed by atoms with Crippen molar-refractivity contribution in [1.29, 1.82) is 0 Å². The Morgan fingerprint density at radius 2 is 1.79 bits per heavy atom. The van der Waals surface area contributed by atoms with E-state index < -0.39 is 0 Å². The van der Waals surface area contributed by atoms with Gasteiger partial charge >= 0.3 is 0 Å². The van der Waals surface area contributed by atoms with Crippen LogP contribution in [0.2, 0.25) is 0 Å². The van der Waals surface area contributed by atoms with E-state index in [1.807, 2.05) is 18.3 Å². The van der Waals surface area contributed by atoms with Gasteiger partial charge in [0.05, 0.1) is 11.8 Å². The summed E-state index contributed by atoms with van der Waals surface area (Å²) in [4.78, 5) is 0. The second-order valence-electron chi connectivity index (χ2n) is 5.09. The highest BCUT2D eigenvalue weighted by Crippen LogP contribution is 2.08. The lowest BCUT2D eigenvalue weighted by molar-refractivity contribution is -0.697. The number of aryl methyl sites for hydroxylation is 1. The van der Waals surface area contributed by atoms with E-state index in [0.717, 1.165) is 12.1 Å². The maximum Gasteiger partial charge on any atom is 0.177 e. The van der Waals surface area contributed by atoms with Crippen LogP contribution >= 0.6 is 0 Å². The van der Waals surface area contributed by atoms with Crippen molar-refractivity contribution in [3.05, 3.63) is 30.1 Å². The first-order chi connectivity index (χ1) is 9.36. The van der Waals surface area contributed by atoms with Crippen molar-refractivity contribution in [2.45, 2.75) is 64.8 Å². The van der Waals surface area contributed by atoms with Crippen molar-refractivity contribution in [2.75, 3.05) is 0 Å². The molecule has 0 radical (unpaired) electrons. The Labute approximate surface area is 117 Å². The fourth-order valence-electron chi connectivity index (χ4n) is 2.25.